The fourth-order valence-corrected chi connectivity index (χ4v) is 1.98. The summed E-state index contributed by atoms with van der Waals surface area (Å²) in [4.78, 5) is 16.0. The molecule has 0 unspecified atom stereocenters. The molecule has 0 aromatic carbocycles. The summed E-state index contributed by atoms with van der Waals surface area (Å²) in [6.45, 7) is 4.65. The summed E-state index contributed by atoms with van der Waals surface area (Å²) >= 11 is 3.71. The smallest absolute Gasteiger partial charge is 0.289 e. The van der Waals surface area contributed by atoms with Gasteiger partial charge in [-0.1, -0.05) is 0 Å². The molecule has 1 fully saturated rings. The number of nitrogens with zero attached hydrogens (tertiary/aromatic N) is 2. The molecule has 1 aromatic rings. The van der Waals surface area contributed by atoms with Crippen molar-refractivity contribution in [2.45, 2.75) is 0 Å². The van der Waals surface area contributed by atoms with E-state index in [1.165, 1.54) is 6.26 Å². The van der Waals surface area contributed by atoms with E-state index < -0.39 is 0 Å². The number of piperazine rings is 1. The van der Waals surface area contributed by atoms with E-state index in [-0.39, 0.29) is 5.91 Å². The summed E-state index contributed by atoms with van der Waals surface area (Å²) in [6.07, 6.45) is 1.52. The molecule has 1 aliphatic rings. The van der Waals surface area contributed by atoms with Gasteiger partial charge in [-0.25, -0.2) is 0 Å². The second-order valence-electron chi connectivity index (χ2n) is 3.94. The van der Waals surface area contributed by atoms with E-state index in [4.69, 9.17) is 8.60 Å². The number of rotatable bonds is 4. The molecule has 2 rings (SSSR count). The number of furan rings is 1. The second-order valence-corrected chi connectivity index (χ2v) is 4.20. The molecule has 17 heavy (non-hydrogen) atoms. The van der Waals surface area contributed by atoms with Crippen molar-refractivity contribution in [3.63, 3.8) is 0 Å². The summed E-state index contributed by atoms with van der Waals surface area (Å²) in [6, 6.07) is 3.43. The minimum atomic E-state index is -0.0277. The number of amides is 1. The fourth-order valence-electron chi connectivity index (χ4n) is 1.90. The third kappa shape index (κ3) is 3.24. The predicted molar refractivity (Wildman–Crippen MR) is 66.0 cm³/mol. The maximum absolute atomic E-state index is 12.0. The molecule has 5 nitrogen and oxygen atoms in total. The molecule has 0 bridgehead atoms. The molecule has 6 heteroatoms. The highest BCUT2D eigenvalue weighted by Gasteiger charge is 2.23. The van der Waals surface area contributed by atoms with Gasteiger partial charge in [-0.3, -0.25) is 9.69 Å². The van der Waals surface area contributed by atoms with Crippen LogP contribution < -0.4 is 0 Å². The molecule has 94 valence electrons. The molecular formula is C11H16N2O3S. The minimum absolute atomic E-state index is 0.0277. The van der Waals surface area contributed by atoms with Crippen LogP contribution in [-0.2, 0) is 4.18 Å². The summed E-state index contributed by atoms with van der Waals surface area (Å²) in [5.74, 6) is 0.386. The van der Waals surface area contributed by atoms with Gasteiger partial charge in [0.25, 0.3) is 5.91 Å². The van der Waals surface area contributed by atoms with Crippen LogP contribution in [0.1, 0.15) is 10.6 Å². The van der Waals surface area contributed by atoms with Gasteiger partial charge in [0.05, 0.1) is 12.9 Å². The van der Waals surface area contributed by atoms with Gasteiger partial charge < -0.3 is 13.5 Å². The van der Waals surface area contributed by atoms with E-state index in [1.54, 1.807) is 12.1 Å². The number of hydrogen-bond donors (Lipinski definition) is 1. The molecule has 1 saturated heterocycles. The minimum Gasteiger partial charge on any atom is -0.459 e. The fraction of sp³-hybridized carbons (Fsp3) is 0.545. The predicted octanol–water partition coefficient (Wildman–Crippen LogP) is 0.899. The van der Waals surface area contributed by atoms with Crippen molar-refractivity contribution < 1.29 is 13.4 Å². The Hall–Kier alpha value is -0.980. The van der Waals surface area contributed by atoms with Gasteiger partial charge in [-0.2, -0.15) is 0 Å². The van der Waals surface area contributed by atoms with Crippen LogP contribution in [0.25, 0.3) is 0 Å². The van der Waals surface area contributed by atoms with Crippen molar-refractivity contribution in [3.8, 4) is 0 Å². The first-order valence-electron chi connectivity index (χ1n) is 5.63. The first-order chi connectivity index (χ1) is 8.31. The van der Waals surface area contributed by atoms with Crippen LogP contribution in [0.5, 0.6) is 0 Å². The number of carbonyl (C=O) groups excluding carboxylic acids is 1. The molecule has 0 spiro atoms. The summed E-state index contributed by atoms with van der Waals surface area (Å²) in [5.41, 5.74) is 0. The molecule has 1 amide bonds. The number of hydrogen-bond acceptors (Lipinski definition) is 5. The van der Waals surface area contributed by atoms with E-state index in [1.807, 2.05) is 4.90 Å². The molecule has 0 N–H and O–H groups in total. The lowest BCUT2D eigenvalue weighted by atomic mass is 10.3. The van der Waals surface area contributed by atoms with Gasteiger partial charge in [-0.15, -0.1) is 0 Å². The number of thiol groups is 1. The Morgan fingerprint density at radius 3 is 2.76 bits per heavy atom. The van der Waals surface area contributed by atoms with Crippen LogP contribution in [0.2, 0.25) is 0 Å². The van der Waals surface area contributed by atoms with Crippen molar-refractivity contribution >= 4 is 18.8 Å². The van der Waals surface area contributed by atoms with Crippen LogP contribution in [0.3, 0.4) is 0 Å². The van der Waals surface area contributed by atoms with Gasteiger partial charge in [0.2, 0.25) is 0 Å². The first kappa shape index (κ1) is 12.5. The quantitative estimate of drug-likeness (QED) is 0.642. The standard InChI is InChI=1S/C11H16N2O3S/c14-11(10-2-1-8-15-10)13-5-3-12(4-6-13)7-9-16-17/h1-2,8,17H,3-7,9H2. The lowest BCUT2D eigenvalue weighted by Crippen LogP contribution is -2.49. The molecular weight excluding hydrogens is 240 g/mol. The van der Waals surface area contributed by atoms with Gasteiger partial charge >= 0.3 is 0 Å². The van der Waals surface area contributed by atoms with Gasteiger partial charge in [0.15, 0.2) is 5.76 Å². The Kier molecular flexibility index (Phi) is 4.47. The van der Waals surface area contributed by atoms with Gasteiger partial charge in [0.1, 0.15) is 0 Å². The Bertz CT molecular complexity index is 348. The Labute approximate surface area is 106 Å². The van der Waals surface area contributed by atoms with E-state index in [0.717, 1.165) is 32.7 Å². The average molecular weight is 256 g/mol. The monoisotopic (exact) mass is 256 g/mol. The highest BCUT2D eigenvalue weighted by molar-refractivity contribution is 7.75. The third-order valence-electron chi connectivity index (χ3n) is 2.89. The van der Waals surface area contributed by atoms with Crippen LogP contribution in [0, 0.1) is 0 Å². The summed E-state index contributed by atoms with van der Waals surface area (Å²) in [7, 11) is 0. The number of carbonyl (C=O) groups is 1. The zero-order valence-electron chi connectivity index (χ0n) is 9.54. The SMILES string of the molecule is O=C(c1ccco1)N1CCN(CCOS)CC1. The second kappa shape index (κ2) is 6.09. The molecule has 0 radical (unpaired) electrons. The zero-order chi connectivity index (χ0) is 12.1. The highest BCUT2D eigenvalue weighted by Crippen LogP contribution is 2.09. The summed E-state index contributed by atoms with van der Waals surface area (Å²) < 4.78 is 9.84. The van der Waals surface area contributed by atoms with E-state index in [2.05, 4.69) is 17.8 Å². The van der Waals surface area contributed by atoms with Crippen molar-refractivity contribution in [1.29, 1.82) is 0 Å². The molecule has 1 aromatic heterocycles. The Balaban J connectivity index is 1.81. The van der Waals surface area contributed by atoms with Crippen molar-refractivity contribution in [1.82, 2.24) is 9.80 Å². The van der Waals surface area contributed by atoms with Crippen LogP contribution in [0.15, 0.2) is 22.8 Å². The third-order valence-corrected chi connectivity index (χ3v) is 3.07. The molecule has 0 atom stereocenters. The van der Waals surface area contributed by atoms with E-state index in [0.29, 0.717) is 12.4 Å². The van der Waals surface area contributed by atoms with Crippen molar-refractivity contribution in [3.05, 3.63) is 24.2 Å². The molecule has 1 aliphatic heterocycles. The Morgan fingerprint density at radius 1 is 1.41 bits per heavy atom. The first-order valence-corrected chi connectivity index (χ1v) is 5.99. The molecule has 0 aliphatic carbocycles. The topological polar surface area (TPSA) is 45.9 Å². The summed E-state index contributed by atoms with van der Waals surface area (Å²) in [5, 5.41) is 0. The lowest BCUT2D eigenvalue weighted by Gasteiger charge is -2.33. The molecule has 2 heterocycles. The normalized spacial score (nSPS) is 17.4. The highest BCUT2D eigenvalue weighted by atomic mass is 32.1. The van der Waals surface area contributed by atoms with Gasteiger partial charge in [-0.05, 0) is 25.0 Å². The van der Waals surface area contributed by atoms with Crippen molar-refractivity contribution in [2.75, 3.05) is 39.3 Å². The van der Waals surface area contributed by atoms with Crippen LogP contribution in [-0.4, -0.2) is 55.0 Å². The maximum atomic E-state index is 12.0. The Morgan fingerprint density at radius 2 is 2.18 bits per heavy atom. The lowest BCUT2D eigenvalue weighted by molar-refractivity contribution is 0.0594. The average Bonchev–Trinajstić information content (AvgIpc) is 2.90. The van der Waals surface area contributed by atoms with Crippen molar-refractivity contribution in [2.24, 2.45) is 0 Å². The zero-order valence-corrected chi connectivity index (χ0v) is 10.4. The molecule has 0 saturated carbocycles. The van der Waals surface area contributed by atoms with E-state index >= 15 is 0 Å². The van der Waals surface area contributed by atoms with Gasteiger partial charge in [0, 0.05) is 32.7 Å². The van der Waals surface area contributed by atoms with E-state index in [9.17, 15) is 4.79 Å². The van der Waals surface area contributed by atoms with Crippen LogP contribution in [0.4, 0.5) is 0 Å². The maximum Gasteiger partial charge on any atom is 0.289 e. The van der Waals surface area contributed by atoms with Crippen LogP contribution >= 0.6 is 12.9 Å². The largest absolute Gasteiger partial charge is 0.459 e.